The molecule has 0 aliphatic heterocycles. The second-order valence-corrected chi connectivity index (χ2v) is 4.68. The third-order valence-electron chi connectivity index (χ3n) is 2.60. The van der Waals surface area contributed by atoms with E-state index in [0.29, 0.717) is 0 Å². The molecule has 2 atom stereocenters. The lowest BCUT2D eigenvalue weighted by atomic mass is 9.94. The van der Waals surface area contributed by atoms with Crippen LogP contribution in [0.15, 0.2) is 0 Å². The molecule has 146 valence electrons. The van der Waals surface area contributed by atoms with Gasteiger partial charge in [0.25, 0.3) is 6.36 Å². The largest absolute Gasteiger partial charge is 0.391 e. The summed E-state index contributed by atoms with van der Waals surface area (Å²) < 4.78 is 157. The van der Waals surface area contributed by atoms with Crippen molar-refractivity contribution in [3.8, 4) is 0 Å². The molecule has 0 heterocycles. The smallest absolute Gasteiger partial charge is 0.384 e. The molecular formula is C10H10F12O2. The number of rotatable bonds is 9. The minimum Gasteiger partial charge on any atom is -0.391 e. The van der Waals surface area contributed by atoms with Crippen LogP contribution in [0.4, 0.5) is 52.7 Å². The number of hydrogen-bond acceptors (Lipinski definition) is 2. The topological polar surface area (TPSA) is 29.5 Å². The summed E-state index contributed by atoms with van der Waals surface area (Å²) in [5.74, 6) is -35.4. The average molecular weight is 390 g/mol. The Labute approximate surface area is 126 Å². The summed E-state index contributed by atoms with van der Waals surface area (Å²) in [7, 11) is 0. The molecule has 2 nitrogen and oxygen atoms in total. The molecule has 0 rings (SSSR count). The SMILES string of the molecule is CC(O)COC(F)C(F)(F)C(F)(F)C(F)(F)C(F)(F)C(F)(F)CF. The van der Waals surface area contributed by atoms with Gasteiger partial charge in [-0.05, 0) is 6.92 Å². The van der Waals surface area contributed by atoms with Gasteiger partial charge in [-0.25, -0.2) is 8.78 Å². The fourth-order valence-corrected chi connectivity index (χ4v) is 1.19. The van der Waals surface area contributed by atoms with Gasteiger partial charge in [-0.3, -0.25) is 0 Å². The summed E-state index contributed by atoms with van der Waals surface area (Å²) >= 11 is 0. The minimum atomic E-state index is -7.56. The van der Waals surface area contributed by atoms with E-state index in [1.54, 1.807) is 0 Å². The molecule has 0 saturated heterocycles. The summed E-state index contributed by atoms with van der Waals surface area (Å²) in [6, 6.07) is 0. The van der Waals surface area contributed by atoms with Gasteiger partial charge in [-0.15, -0.1) is 0 Å². The van der Waals surface area contributed by atoms with Crippen molar-refractivity contribution in [2.24, 2.45) is 0 Å². The van der Waals surface area contributed by atoms with Gasteiger partial charge in [-0.1, -0.05) is 0 Å². The van der Waals surface area contributed by atoms with Crippen molar-refractivity contribution >= 4 is 0 Å². The molecule has 1 N–H and O–H groups in total. The van der Waals surface area contributed by atoms with Crippen molar-refractivity contribution in [2.75, 3.05) is 13.3 Å². The highest BCUT2D eigenvalue weighted by molar-refractivity contribution is 5.09. The van der Waals surface area contributed by atoms with Crippen LogP contribution in [0.1, 0.15) is 6.92 Å². The van der Waals surface area contributed by atoms with Crippen molar-refractivity contribution in [1.82, 2.24) is 0 Å². The Hall–Kier alpha value is -0.920. The Morgan fingerprint density at radius 3 is 1.58 bits per heavy atom. The fourth-order valence-electron chi connectivity index (χ4n) is 1.19. The van der Waals surface area contributed by atoms with Gasteiger partial charge in [0, 0.05) is 0 Å². The van der Waals surface area contributed by atoms with Gasteiger partial charge in [0.15, 0.2) is 6.67 Å². The first-order chi connectivity index (χ1) is 10.4. The summed E-state index contributed by atoms with van der Waals surface area (Å²) in [5, 5.41) is 8.56. The van der Waals surface area contributed by atoms with E-state index in [2.05, 4.69) is 4.74 Å². The van der Waals surface area contributed by atoms with Crippen LogP contribution >= 0.6 is 0 Å². The Morgan fingerprint density at radius 1 is 0.833 bits per heavy atom. The summed E-state index contributed by atoms with van der Waals surface area (Å²) in [6.07, 6.45) is -6.41. The average Bonchev–Trinajstić information content (AvgIpc) is 2.43. The Morgan fingerprint density at radius 2 is 1.25 bits per heavy atom. The van der Waals surface area contributed by atoms with E-state index in [9.17, 15) is 52.7 Å². The van der Waals surface area contributed by atoms with Crippen molar-refractivity contribution in [2.45, 2.75) is 49.0 Å². The number of halogens is 12. The van der Waals surface area contributed by atoms with E-state index < -0.39 is 55.4 Å². The number of aliphatic hydroxyl groups is 1. The molecule has 0 fully saturated rings. The van der Waals surface area contributed by atoms with E-state index in [0.717, 1.165) is 6.92 Å². The third kappa shape index (κ3) is 3.53. The minimum absolute atomic E-state index is 0.771. The zero-order chi connectivity index (χ0) is 19.8. The van der Waals surface area contributed by atoms with E-state index in [1.165, 1.54) is 0 Å². The molecule has 0 aromatic rings. The third-order valence-corrected chi connectivity index (χ3v) is 2.60. The molecule has 24 heavy (non-hydrogen) atoms. The fraction of sp³-hybridized carbons (Fsp3) is 1.00. The Balaban J connectivity index is 5.83. The van der Waals surface area contributed by atoms with Crippen LogP contribution in [0.2, 0.25) is 0 Å². The van der Waals surface area contributed by atoms with Crippen LogP contribution in [-0.4, -0.2) is 60.5 Å². The lowest BCUT2D eigenvalue weighted by Gasteiger charge is -2.39. The van der Waals surface area contributed by atoms with Crippen LogP contribution in [0.3, 0.4) is 0 Å². The normalized spacial score (nSPS) is 17.8. The van der Waals surface area contributed by atoms with Crippen molar-refractivity contribution in [3.05, 3.63) is 0 Å². The van der Waals surface area contributed by atoms with Gasteiger partial charge in [0.2, 0.25) is 0 Å². The molecule has 0 saturated carbocycles. The van der Waals surface area contributed by atoms with Crippen molar-refractivity contribution in [1.29, 1.82) is 0 Å². The van der Waals surface area contributed by atoms with Crippen LogP contribution < -0.4 is 0 Å². The summed E-state index contributed by atoms with van der Waals surface area (Å²) in [6.45, 7) is -4.24. The zero-order valence-electron chi connectivity index (χ0n) is 11.5. The second-order valence-electron chi connectivity index (χ2n) is 4.68. The maximum atomic E-state index is 13.1. The number of alkyl halides is 12. The first-order valence-electron chi connectivity index (χ1n) is 5.79. The van der Waals surface area contributed by atoms with Gasteiger partial charge in [-0.2, -0.15) is 43.9 Å². The second kappa shape index (κ2) is 6.77. The lowest BCUT2D eigenvalue weighted by molar-refractivity contribution is -0.419. The van der Waals surface area contributed by atoms with Gasteiger partial charge in [0.1, 0.15) is 0 Å². The standard InChI is InChI=1S/C10H10F12O2/c1-4(23)2-24-5(12)7(15,16)9(19,20)10(21,22)8(17,18)6(13,14)3-11/h4-5,23H,2-3H2,1H3. The molecular weight excluding hydrogens is 380 g/mol. The summed E-state index contributed by atoms with van der Waals surface area (Å²) in [5.41, 5.74) is 0. The van der Waals surface area contributed by atoms with Gasteiger partial charge in [0.05, 0.1) is 12.7 Å². The molecule has 0 aromatic carbocycles. The van der Waals surface area contributed by atoms with Crippen LogP contribution in [-0.2, 0) is 4.74 Å². The van der Waals surface area contributed by atoms with Crippen LogP contribution in [0.5, 0.6) is 0 Å². The van der Waals surface area contributed by atoms with Gasteiger partial charge < -0.3 is 9.84 Å². The first-order valence-corrected chi connectivity index (χ1v) is 5.79. The number of ether oxygens (including phenoxy) is 1. The van der Waals surface area contributed by atoms with E-state index in [4.69, 9.17) is 5.11 Å². The Kier molecular flexibility index (Phi) is 6.51. The zero-order valence-corrected chi connectivity index (χ0v) is 11.5. The summed E-state index contributed by atoms with van der Waals surface area (Å²) in [4.78, 5) is 0. The molecule has 0 aliphatic carbocycles. The van der Waals surface area contributed by atoms with E-state index >= 15 is 0 Å². The monoisotopic (exact) mass is 390 g/mol. The molecule has 0 radical (unpaired) electrons. The number of aliphatic hydroxyl groups excluding tert-OH is 1. The predicted molar refractivity (Wildman–Crippen MR) is 53.2 cm³/mol. The van der Waals surface area contributed by atoms with E-state index in [1.807, 2.05) is 0 Å². The molecule has 2 unspecified atom stereocenters. The highest BCUT2D eigenvalue weighted by Crippen LogP contribution is 2.58. The van der Waals surface area contributed by atoms with Crippen LogP contribution in [0, 0.1) is 0 Å². The Bertz CT molecular complexity index is 422. The maximum absolute atomic E-state index is 13.1. The molecule has 0 amide bonds. The predicted octanol–water partition coefficient (Wildman–Crippen LogP) is 3.83. The first kappa shape index (κ1) is 23.1. The van der Waals surface area contributed by atoms with Crippen molar-refractivity contribution in [3.63, 3.8) is 0 Å². The highest BCUT2D eigenvalue weighted by atomic mass is 19.4. The van der Waals surface area contributed by atoms with Gasteiger partial charge >= 0.3 is 29.6 Å². The van der Waals surface area contributed by atoms with Crippen molar-refractivity contribution < 1.29 is 62.5 Å². The quantitative estimate of drug-likeness (QED) is 0.607. The highest BCUT2D eigenvalue weighted by Gasteiger charge is 2.87. The molecule has 14 heteroatoms. The lowest BCUT2D eigenvalue weighted by Crippen LogP contribution is -2.69. The molecule has 0 spiro atoms. The molecule has 0 bridgehead atoms. The van der Waals surface area contributed by atoms with E-state index in [-0.39, 0.29) is 0 Å². The maximum Gasteiger partial charge on any atom is 0.384 e. The van der Waals surface area contributed by atoms with Crippen LogP contribution in [0.25, 0.3) is 0 Å². The number of hydrogen-bond donors (Lipinski definition) is 1. The molecule has 0 aromatic heterocycles. The molecule has 0 aliphatic rings.